The molecule has 1 N–H and O–H groups in total. The largest absolute Gasteiger partial charge is 0.390 e. The van der Waals surface area contributed by atoms with E-state index in [1.54, 1.807) is 0 Å². The minimum absolute atomic E-state index is 0.120. The molecule has 0 aliphatic carbocycles. The van der Waals surface area contributed by atoms with Crippen LogP contribution in [-0.2, 0) is 0 Å². The second-order valence-electron chi connectivity index (χ2n) is 4.38. The van der Waals surface area contributed by atoms with Crippen LogP contribution in [0.15, 0.2) is 0 Å². The van der Waals surface area contributed by atoms with Gasteiger partial charge < -0.3 is 5.11 Å². The Balaban J connectivity index is 3.44. The Morgan fingerprint density at radius 3 is 1.82 bits per heavy atom. The number of hydrogen-bond donors (Lipinski definition) is 1. The Bertz CT molecular complexity index is 93.7. The molecule has 0 spiro atoms. The van der Waals surface area contributed by atoms with Crippen LogP contribution >= 0.6 is 11.6 Å². The van der Waals surface area contributed by atoms with Crippen molar-refractivity contribution in [3.8, 4) is 0 Å². The first-order chi connectivity index (χ1) is 4.71. The average Bonchev–Trinajstić information content (AvgIpc) is 1.55. The molecule has 0 aromatic rings. The van der Waals surface area contributed by atoms with Gasteiger partial charge in [0.1, 0.15) is 0 Å². The Morgan fingerprint density at radius 1 is 1.09 bits per heavy atom. The zero-order valence-electron chi connectivity index (χ0n) is 7.95. The Kier molecular flexibility index (Phi) is 3.86. The van der Waals surface area contributed by atoms with E-state index < -0.39 is 5.60 Å². The Hall–Kier alpha value is 0.250. The molecule has 0 fully saturated rings. The van der Waals surface area contributed by atoms with Gasteiger partial charge in [-0.15, -0.1) is 11.6 Å². The topological polar surface area (TPSA) is 20.2 Å². The van der Waals surface area contributed by atoms with E-state index in [4.69, 9.17) is 11.6 Å². The van der Waals surface area contributed by atoms with Crippen molar-refractivity contribution in [2.75, 3.05) is 0 Å². The van der Waals surface area contributed by atoms with E-state index >= 15 is 0 Å². The molecule has 0 unspecified atom stereocenters. The summed E-state index contributed by atoms with van der Waals surface area (Å²) in [4.78, 5) is -0.120. The van der Waals surface area contributed by atoms with Crippen LogP contribution in [0.5, 0.6) is 0 Å². The van der Waals surface area contributed by atoms with Gasteiger partial charge in [-0.2, -0.15) is 0 Å². The van der Waals surface area contributed by atoms with Crippen LogP contribution in [0.1, 0.15) is 47.0 Å². The monoisotopic (exact) mass is 178 g/mol. The molecular weight excluding hydrogens is 160 g/mol. The molecular formula is C9H19ClO. The summed E-state index contributed by atoms with van der Waals surface area (Å²) >= 11 is 5.98. The van der Waals surface area contributed by atoms with Gasteiger partial charge in [-0.3, -0.25) is 0 Å². The van der Waals surface area contributed by atoms with Gasteiger partial charge in [0.15, 0.2) is 0 Å². The smallest absolute Gasteiger partial charge is 0.0591 e. The lowest BCUT2D eigenvalue weighted by Gasteiger charge is -2.20. The van der Waals surface area contributed by atoms with Crippen LogP contribution in [0.25, 0.3) is 0 Å². The first kappa shape index (κ1) is 11.2. The van der Waals surface area contributed by atoms with Gasteiger partial charge in [-0.05, 0) is 47.0 Å². The van der Waals surface area contributed by atoms with E-state index in [2.05, 4.69) is 0 Å². The fourth-order valence-corrected chi connectivity index (χ4v) is 1.07. The van der Waals surface area contributed by atoms with E-state index in [-0.39, 0.29) is 4.87 Å². The highest BCUT2D eigenvalue weighted by Gasteiger charge is 2.16. The molecule has 0 aromatic heterocycles. The SMILES string of the molecule is CC(C)(O)CCCC(C)(C)Cl. The molecule has 0 aliphatic heterocycles. The van der Waals surface area contributed by atoms with Crippen molar-refractivity contribution >= 4 is 11.6 Å². The van der Waals surface area contributed by atoms with Gasteiger partial charge in [0.25, 0.3) is 0 Å². The maximum absolute atomic E-state index is 9.37. The number of aliphatic hydroxyl groups is 1. The van der Waals surface area contributed by atoms with Crippen LogP contribution in [-0.4, -0.2) is 15.6 Å². The number of rotatable bonds is 4. The molecule has 0 atom stereocenters. The molecule has 0 bridgehead atoms. The van der Waals surface area contributed by atoms with Crippen LogP contribution < -0.4 is 0 Å². The van der Waals surface area contributed by atoms with Crippen LogP contribution in [0, 0.1) is 0 Å². The van der Waals surface area contributed by atoms with Crippen molar-refractivity contribution in [1.82, 2.24) is 0 Å². The van der Waals surface area contributed by atoms with Crippen LogP contribution in [0.3, 0.4) is 0 Å². The first-order valence-corrected chi connectivity index (χ1v) is 4.50. The highest BCUT2D eigenvalue weighted by atomic mass is 35.5. The van der Waals surface area contributed by atoms with Crippen LogP contribution in [0.4, 0.5) is 0 Å². The molecule has 0 aromatic carbocycles. The summed E-state index contributed by atoms with van der Waals surface area (Å²) in [6.45, 7) is 7.65. The molecule has 68 valence electrons. The van der Waals surface area contributed by atoms with E-state index in [9.17, 15) is 5.11 Å². The number of alkyl halides is 1. The highest BCUT2D eigenvalue weighted by Crippen LogP contribution is 2.23. The summed E-state index contributed by atoms with van der Waals surface area (Å²) in [6, 6.07) is 0. The van der Waals surface area contributed by atoms with Crippen molar-refractivity contribution in [2.45, 2.75) is 57.4 Å². The van der Waals surface area contributed by atoms with Gasteiger partial charge in [-0.25, -0.2) is 0 Å². The zero-order chi connectivity index (χ0) is 9.12. The Morgan fingerprint density at radius 2 is 1.55 bits per heavy atom. The van der Waals surface area contributed by atoms with Crippen molar-refractivity contribution in [3.05, 3.63) is 0 Å². The number of halogens is 1. The minimum Gasteiger partial charge on any atom is -0.390 e. The van der Waals surface area contributed by atoms with Gasteiger partial charge in [-0.1, -0.05) is 0 Å². The standard InChI is InChI=1S/C9H19ClO/c1-8(2,10)6-5-7-9(3,4)11/h11H,5-7H2,1-4H3. The highest BCUT2D eigenvalue weighted by molar-refractivity contribution is 6.23. The maximum Gasteiger partial charge on any atom is 0.0591 e. The molecule has 0 rings (SSSR count). The number of hydrogen-bond acceptors (Lipinski definition) is 1. The maximum atomic E-state index is 9.37. The predicted octanol–water partition coefficient (Wildman–Crippen LogP) is 2.95. The quantitative estimate of drug-likeness (QED) is 0.657. The van der Waals surface area contributed by atoms with Gasteiger partial charge >= 0.3 is 0 Å². The summed E-state index contributed by atoms with van der Waals surface area (Å²) in [6.07, 6.45) is 2.77. The fourth-order valence-electron chi connectivity index (χ4n) is 0.941. The summed E-state index contributed by atoms with van der Waals surface area (Å²) in [5.74, 6) is 0. The van der Waals surface area contributed by atoms with Gasteiger partial charge in [0.05, 0.1) is 5.60 Å². The summed E-state index contributed by atoms with van der Waals surface area (Å²) < 4.78 is 0. The molecule has 0 heterocycles. The van der Waals surface area contributed by atoms with Gasteiger partial charge in [0, 0.05) is 4.87 Å². The van der Waals surface area contributed by atoms with E-state index in [0.29, 0.717) is 0 Å². The normalized spacial score (nSPS) is 13.6. The van der Waals surface area contributed by atoms with Gasteiger partial charge in [0.2, 0.25) is 0 Å². The third kappa shape index (κ3) is 10.2. The molecule has 2 heteroatoms. The third-order valence-electron chi connectivity index (χ3n) is 1.56. The van der Waals surface area contributed by atoms with E-state index in [1.165, 1.54) is 0 Å². The van der Waals surface area contributed by atoms with Crippen LogP contribution in [0.2, 0.25) is 0 Å². The molecule has 0 saturated carbocycles. The lowest BCUT2D eigenvalue weighted by atomic mass is 9.97. The molecule has 1 nitrogen and oxygen atoms in total. The lowest BCUT2D eigenvalue weighted by molar-refractivity contribution is 0.0676. The fraction of sp³-hybridized carbons (Fsp3) is 1.00. The molecule has 0 saturated heterocycles. The van der Waals surface area contributed by atoms with E-state index in [0.717, 1.165) is 19.3 Å². The molecule has 0 radical (unpaired) electrons. The van der Waals surface area contributed by atoms with Crippen molar-refractivity contribution in [2.24, 2.45) is 0 Å². The van der Waals surface area contributed by atoms with Crippen molar-refractivity contribution in [3.63, 3.8) is 0 Å². The minimum atomic E-state index is -0.540. The summed E-state index contributed by atoms with van der Waals surface area (Å²) in [5, 5.41) is 9.37. The van der Waals surface area contributed by atoms with Crippen molar-refractivity contribution in [1.29, 1.82) is 0 Å². The lowest BCUT2D eigenvalue weighted by Crippen LogP contribution is -2.20. The third-order valence-corrected chi connectivity index (χ3v) is 1.75. The average molecular weight is 179 g/mol. The second kappa shape index (κ2) is 3.77. The molecule has 0 aliphatic rings. The Labute approximate surface area is 74.8 Å². The molecule has 0 amide bonds. The molecule has 11 heavy (non-hydrogen) atoms. The first-order valence-electron chi connectivity index (χ1n) is 4.12. The summed E-state index contributed by atoms with van der Waals surface area (Å²) in [5.41, 5.74) is -0.540. The predicted molar refractivity (Wildman–Crippen MR) is 50.1 cm³/mol. The summed E-state index contributed by atoms with van der Waals surface area (Å²) in [7, 11) is 0. The second-order valence-corrected chi connectivity index (χ2v) is 5.41. The van der Waals surface area contributed by atoms with E-state index in [1.807, 2.05) is 27.7 Å². The zero-order valence-corrected chi connectivity index (χ0v) is 8.70. The van der Waals surface area contributed by atoms with Crippen molar-refractivity contribution < 1.29 is 5.11 Å².